The van der Waals surface area contributed by atoms with E-state index in [-0.39, 0.29) is 0 Å². The van der Waals surface area contributed by atoms with Crippen molar-refractivity contribution in [1.29, 1.82) is 0 Å². The molecule has 0 bridgehead atoms. The Balaban J connectivity index is 3.12. The third-order valence-corrected chi connectivity index (χ3v) is 1.83. The van der Waals surface area contributed by atoms with Gasteiger partial charge in [0.2, 0.25) is 0 Å². The highest BCUT2D eigenvalue weighted by Gasteiger charge is 1.96. The van der Waals surface area contributed by atoms with E-state index in [1.165, 1.54) is 11.8 Å². The third-order valence-electron chi connectivity index (χ3n) is 1.83. The summed E-state index contributed by atoms with van der Waals surface area (Å²) in [6.07, 6.45) is 4.41. The van der Waals surface area contributed by atoms with Crippen LogP contribution in [-0.2, 0) is 6.42 Å². The lowest BCUT2D eigenvalue weighted by molar-refractivity contribution is 1.13. The van der Waals surface area contributed by atoms with Gasteiger partial charge in [-0.3, -0.25) is 0 Å². The lowest BCUT2D eigenvalue weighted by Crippen LogP contribution is -1.91. The number of aryl methyl sites for hydroxylation is 1. The van der Waals surface area contributed by atoms with Crippen molar-refractivity contribution in [1.82, 2.24) is 0 Å². The number of nitrogen functional groups attached to an aromatic ring is 1. The highest BCUT2D eigenvalue weighted by molar-refractivity contribution is 5.59. The molecule has 0 fully saturated rings. The van der Waals surface area contributed by atoms with Crippen LogP contribution in [0.3, 0.4) is 0 Å². The molecule has 64 valence electrons. The molecule has 12 heavy (non-hydrogen) atoms. The van der Waals surface area contributed by atoms with Crippen molar-refractivity contribution in [3.63, 3.8) is 0 Å². The van der Waals surface area contributed by atoms with E-state index in [0.717, 1.165) is 17.7 Å². The summed E-state index contributed by atoms with van der Waals surface area (Å²) in [6, 6.07) is 5.87. The molecule has 0 atom stereocenters. The number of anilines is 1. The van der Waals surface area contributed by atoms with Crippen LogP contribution in [0.2, 0.25) is 0 Å². The van der Waals surface area contributed by atoms with E-state index < -0.39 is 0 Å². The second kappa shape index (κ2) is 3.81. The maximum atomic E-state index is 5.64. The molecule has 0 saturated heterocycles. The Labute approximate surface area is 72.9 Å². The van der Waals surface area contributed by atoms with E-state index in [2.05, 4.69) is 6.92 Å². The zero-order valence-corrected chi connectivity index (χ0v) is 7.25. The van der Waals surface area contributed by atoms with Crippen LogP contribution in [0.25, 0.3) is 6.08 Å². The number of hydrogen-bond donors (Lipinski definition) is 2. The largest absolute Gasteiger partial charge is 0.405 e. The Kier molecular flexibility index (Phi) is 2.75. The van der Waals surface area contributed by atoms with Crippen molar-refractivity contribution in [2.24, 2.45) is 5.73 Å². The summed E-state index contributed by atoms with van der Waals surface area (Å²) >= 11 is 0. The zero-order chi connectivity index (χ0) is 8.97. The van der Waals surface area contributed by atoms with Crippen LogP contribution in [0.1, 0.15) is 18.1 Å². The van der Waals surface area contributed by atoms with Crippen molar-refractivity contribution >= 4 is 11.8 Å². The highest BCUT2D eigenvalue weighted by atomic mass is 14.5. The van der Waals surface area contributed by atoms with E-state index in [0.29, 0.717) is 0 Å². The second-order valence-electron chi connectivity index (χ2n) is 2.67. The van der Waals surface area contributed by atoms with Gasteiger partial charge in [-0.2, -0.15) is 0 Å². The van der Waals surface area contributed by atoms with Gasteiger partial charge in [-0.15, -0.1) is 0 Å². The van der Waals surface area contributed by atoms with Gasteiger partial charge in [0.05, 0.1) is 0 Å². The van der Waals surface area contributed by atoms with Gasteiger partial charge >= 0.3 is 0 Å². The summed E-state index contributed by atoms with van der Waals surface area (Å²) < 4.78 is 0. The normalized spacial score (nSPS) is 10.8. The molecule has 1 rings (SSSR count). The molecule has 0 aliphatic carbocycles. The maximum absolute atomic E-state index is 5.64. The van der Waals surface area contributed by atoms with Gasteiger partial charge in [0, 0.05) is 5.69 Å². The molecule has 4 N–H and O–H groups in total. The van der Waals surface area contributed by atoms with E-state index in [9.17, 15) is 0 Å². The molecule has 0 amide bonds. The Morgan fingerprint density at radius 1 is 1.42 bits per heavy atom. The first-order valence-electron chi connectivity index (χ1n) is 4.04. The molecule has 2 heteroatoms. The van der Waals surface area contributed by atoms with Gasteiger partial charge in [0.15, 0.2) is 0 Å². The minimum atomic E-state index is 0.778. The molecule has 0 heterocycles. The summed E-state index contributed by atoms with van der Waals surface area (Å²) in [5.41, 5.74) is 14.1. The predicted molar refractivity (Wildman–Crippen MR) is 53.5 cm³/mol. The average molecular weight is 162 g/mol. The Morgan fingerprint density at radius 3 is 2.75 bits per heavy atom. The first-order chi connectivity index (χ1) is 5.77. The van der Waals surface area contributed by atoms with Gasteiger partial charge in [-0.25, -0.2) is 0 Å². The number of nitrogens with two attached hydrogens (primary N) is 2. The number of rotatable bonds is 2. The smallest absolute Gasteiger partial charge is 0.0320 e. The van der Waals surface area contributed by atoms with Crippen molar-refractivity contribution in [2.45, 2.75) is 13.3 Å². The van der Waals surface area contributed by atoms with Crippen molar-refractivity contribution < 1.29 is 0 Å². The molecular formula is C10H14N2. The van der Waals surface area contributed by atoms with Crippen LogP contribution < -0.4 is 11.5 Å². The Hall–Kier alpha value is -1.44. The van der Waals surface area contributed by atoms with Gasteiger partial charge in [0.25, 0.3) is 0 Å². The van der Waals surface area contributed by atoms with Crippen LogP contribution in [0.15, 0.2) is 24.4 Å². The van der Waals surface area contributed by atoms with E-state index in [1.54, 1.807) is 0 Å². The average Bonchev–Trinajstić information content (AvgIpc) is 2.05. The molecule has 0 unspecified atom stereocenters. The summed E-state index contributed by atoms with van der Waals surface area (Å²) in [5, 5.41) is 0. The van der Waals surface area contributed by atoms with E-state index in [4.69, 9.17) is 11.5 Å². The molecule has 0 saturated carbocycles. The molecule has 0 radical (unpaired) electrons. The fourth-order valence-electron chi connectivity index (χ4n) is 1.19. The highest BCUT2D eigenvalue weighted by Crippen LogP contribution is 2.15. The second-order valence-corrected chi connectivity index (χ2v) is 2.67. The third kappa shape index (κ3) is 1.78. The van der Waals surface area contributed by atoms with Crippen molar-refractivity contribution in [3.8, 4) is 0 Å². The van der Waals surface area contributed by atoms with Gasteiger partial charge < -0.3 is 11.5 Å². The SMILES string of the molecule is CCc1ccc(N)cc1/C=C\N. The summed E-state index contributed by atoms with van der Waals surface area (Å²) in [6.45, 7) is 2.11. The maximum Gasteiger partial charge on any atom is 0.0320 e. The monoisotopic (exact) mass is 162 g/mol. The van der Waals surface area contributed by atoms with Gasteiger partial charge in [0.1, 0.15) is 0 Å². The van der Waals surface area contributed by atoms with E-state index in [1.807, 2.05) is 24.3 Å². The molecular weight excluding hydrogens is 148 g/mol. The quantitative estimate of drug-likeness (QED) is 0.651. The lowest BCUT2D eigenvalue weighted by atomic mass is 10.0. The Morgan fingerprint density at radius 2 is 2.17 bits per heavy atom. The standard InChI is InChI=1S/C10H14N2/c1-2-8-3-4-10(12)7-9(8)5-6-11/h3-7H,2,11-12H2,1H3/b6-5-. The molecule has 0 aliphatic heterocycles. The van der Waals surface area contributed by atoms with Crippen molar-refractivity contribution in [2.75, 3.05) is 5.73 Å². The predicted octanol–water partition coefficient (Wildman–Crippen LogP) is 1.76. The van der Waals surface area contributed by atoms with Crippen LogP contribution in [0, 0.1) is 0 Å². The van der Waals surface area contributed by atoms with Crippen molar-refractivity contribution in [3.05, 3.63) is 35.5 Å². The molecule has 1 aromatic carbocycles. The summed E-state index contributed by atoms with van der Waals surface area (Å²) in [4.78, 5) is 0. The molecule has 2 nitrogen and oxygen atoms in total. The minimum Gasteiger partial charge on any atom is -0.405 e. The topological polar surface area (TPSA) is 52.0 Å². The van der Waals surface area contributed by atoms with Crippen LogP contribution in [0.5, 0.6) is 0 Å². The number of hydrogen-bond acceptors (Lipinski definition) is 2. The van der Waals surface area contributed by atoms with Crippen LogP contribution in [0.4, 0.5) is 5.69 Å². The van der Waals surface area contributed by atoms with Gasteiger partial charge in [-0.05, 0) is 42.0 Å². The molecule has 0 spiro atoms. The summed E-state index contributed by atoms with van der Waals surface area (Å²) in [7, 11) is 0. The minimum absolute atomic E-state index is 0.778. The van der Waals surface area contributed by atoms with Gasteiger partial charge in [-0.1, -0.05) is 13.0 Å². The fourth-order valence-corrected chi connectivity index (χ4v) is 1.19. The first kappa shape index (κ1) is 8.65. The number of benzene rings is 1. The van der Waals surface area contributed by atoms with Crippen LogP contribution in [-0.4, -0.2) is 0 Å². The fraction of sp³-hybridized carbons (Fsp3) is 0.200. The Bertz CT molecular complexity index is 290. The molecule has 0 aromatic heterocycles. The lowest BCUT2D eigenvalue weighted by Gasteiger charge is -2.03. The van der Waals surface area contributed by atoms with Crippen LogP contribution >= 0.6 is 0 Å². The van der Waals surface area contributed by atoms with E-state index >= 15 is 0 Å². The molecule has 1 aromatic rings. The summed E-state index contributed by atoms with van der Waals surface area (Å²) in [5.74, 6) is 0. The first-order valence-corrected chi connectivity index (χ1v) is 4.04. The zero-order valence-electron chi connectivity index (χ0n) is 7.25. The molecule has 0 aliphatic rings.